The summed E-state index contributed by atoms with van der Waals surface area (Å²) in [6.07, 6.45) is 6.20. The van der Waals surface area contributed by atoms with Gasteiger partial charge in [0.25, 0.3) is 0 Å². The largest absolute Gasteiger partial charge is 0.342 e. The van der Waals surface area contributed by atoms with Crippen molar-refractivity contribution in [2.45, 2.75) is 90.0 Å². The Morgan fingerprint density at radius 1 is 0.720 bits per heavy atom. The molecule has 1 saturated carbocycles. The minimum absolute atomic E-state index is 0.407. The zero-order valence-electron chi connectivity index (χ0n) is 17.4. The second kappa shape index (κ2) is 11.8. The highest BCUT2D eigenvalue weighted by Crippen LogP contribution is 2.37. The van der Waals surface area contributed by atoms with Gasteiger partial charge in [-0.3, -0.25) is 0 Å². The van der Waals surface area contributed by atoms with Crippen LogP contribution in [0, 0.1) is 0 Å². The molecule has 0 aromatic carbocycles. The normalized spacial score (nSPS) is 18.4. The van der Waals surface area contributed by atoms with Gasteiger partial charge < -0.3 is 18.9 Å². The molecule has 0 aromatic heterocycles. The molecule has 0 heterocycles. The van der Waals surface area contributed by atoms with E-state index in [0.717, 1.165) is 0 Å². The van der Waals surface area contributed by atoms with Gasteiger partial charge in [0.15, 0.2) is 0 Å². The van der Waals surface area contributed by atoms with Crippen molar-refractivity contribution in [2.24, 2.45) is 0 Å². The molecule has 0 unspecified atom stereocenters. The molecule has 0 aliphatic heterocycles. The second-order valence-corrected chi connectivity index (χ2v) is 9.73. The average molecular weight is 392 g/mol. The van der Waals surface area contributed by atoms with Gasteiger partial charge in [-0.25, -0.2) is 4.90 Å². The fraction of sp³-hybridized carbons (Fsp3) is 1.00. The maximum absolute atomic E-state index is 6.36. The molecule has 0 saturated heterocycles. The molecule has 0 bridgehead atoms. The van der Waals surface area contributed by atoms with E-state index in [4.69, 9.17) is 18.9 Å². The van der Waals surface area contributed by atoms with E-state index in [1.54, 1.807) is 0 Å². The third-order valence-corrected chi connectivity index (χ3v) is 8.33. The smallest absolute Gasteiger partial charge is 0.203 e. The van der Waals surface area contributed by atoms with Crippen LogP contribution in [0.3, 0.4) is 0 Å². The molecule has 1 aliphatic carbocycles. The van der Waals surface area contributed by atoms with Crippen molar-refractivity contribution in [3.8, 4) is 0 Å². The number of ether oxygens (including phenoxy) is 4. The first-order valence-corrected chi connectivity index (χ1v) is 14.7. The van der Waals surface area contributed by atoms with E-state index >= 15 is 0 Å². The summed E-state index contributed by atoms with van der Waals surface area (Å²) in [5.41, 5.74) is -1.28. The Bertz CT molecular complexity index is 318. The maximum Gasteiger partial charge on any atom is 0.203 e. The van der Waals surface area contributed by atoms with Gasteiger partial charge in [-0.1, -0.05) is 32.4 Å². The van der Waals surface area contributed by atoms with E-state index in [-0.39, 0.29) is 0 Å². The monoisotopic (exact) mass is 391 g/mol. The first kappa shape index (κ1) is 23.3. The molecule has 0 N–H and O–H groups in total. The van der Waals surface area contributed by atoms with E-state index in [1.807, 2.05) is 0 Å². The van der Waals surface area contributed by atoms with Crippen LogP contribution >= 0.6 is 0 Å². The predicted molar refractivity (Wildman–Crippen MR) is 109 cm³/mol. The van der Waals surface area contributed by atoms with Crippen LogP contribution in [0.5, 0.6) is 0 Å². The minimum Gasteiger partial charge on any atom is -0.342 e. The topological polar surface area (TPSA) is 40.2 Å². The SMILES string of the molecule is CCOC(OCC)([SiH2]C)N(C1CCCCC1)C(OCC)(OCC)[SiH2]C. The molecule has 1 rings (SSSR count). The Balaban J connectivity index is 3.41. The van der Waals surface area contributed by atoms with Gasteiger partial charge in [-0.05, 0) is 40.5 Å². The molecular formula is C18H41NO4Si2. The van der Waals surface area contributed by atoms with Crippen LogP contribution in [-0.2, 0) is 18.9 Å². The van der Waals surface area contributed by atoms with Crippen LogP contribution in [0.1, 0.15) is 59.8 Å². The van der Waals surface area contributed by atoms with Crippen LogP contribution in [0.15, 0.2) is 0 Å². The maximum atomic E-state index is 6.36. The Kier molecular flexibility index (Phi) is 11.0. The molecule has 0 amide bonds. The molecule has 0 aromatic rings. The van der Waals surface area contributed by atoms with Gasteiger partial charge >= 0.3 is 0 Å². The molecule has 1 aliphatic rings. The lowest BCUT2D eigenvalue weighted by molar-refractivity contribution is -0.376. The molecule has 0 atom stereocenters. The van der Waals surface area contributed by atoms with Gasteiger partial charge in [0.2, 0.25) is 11.1 Å². The Morgan fingerprint density at radius 2 is 1.08 bits per heavy atom. The molecule has 7 heteroatoms. The van der Waals surface area contributed by atoms with Crippen molar-refractivity contribution in [2.75, 3.05) is 26.4 Å². The summed E-state index contributed by atoms with van der Waals surface area (Å²) in [7, 11) is -1.35. The zero-order valence-corrected chi connectivity index (χ0v) is 20.3. The van der Waals surface area contributed by atoms with E-state index < -0.39 is 30.1 Å². The van der Waals surface area contributed by atoms with Crippen LogP contribution < -0.4 is 0 Å². The third kappa shape index (κ3) is 5.60. The number of hydrogen-bond acceptors (Lipinski definition) is 5. The third-order valence-electron chi connectivity index (χ3n) is 5.05. The van der Waals surface area contributed by atoms with Crippen LogP contribution in [0.2, 0.25) is 13.1 Å². The van der Waals surface area contributed by atoms with Crippen molar-refractivity contribution in [3.63, 3.8) is 0 Å². The zero-order chi connectivity index (χ0) is 18.8. The van der Waals surface area contributed by atoms with Crippen LogP contribution in [0.4, 0.5) is 0 Å². The quantitative estimate of drug-likeness (QED) is 0.356. The fourth-order valence-corrected chi connectivity index (χ4v) is 7.70. The summed E-state index contributed by atoms with van der Waals surface area (Å²) < 4.78 is 25.5. The first-order valence-electron chi connectivity index (χ1n) is 10.4. The summed E-state index contributed by atoms with van der Waals surface area (Å²) in [5.74, 6) is 0. The van der Waals surface area contributed by atoms with E-state index in [1.165, 1.54) is 32.1 Å². The molecular weight excluding hydrogens is 350 g/mol. The Hall–Kier alpha value is 0.234. The highest BCUT2D eigenvalue weighted by molar-refractivity contribution is 6.39. The van der Waals surface area contributed by atoms with E-state index in [2.05, 4.69) is 45.7 Å². The van der Waals surface area contributed by atoms with E-state index in [0.29, 0.717) is 32.5 Å². The molecule has 0 radical (unpaired) electrons. The molecule has 25 heavy (non-hydrogen) atoms. The van der Waals surface area contributed by atoms with Crippen molar-refractivity contribution >= 4 is 19.0 Å². The molecule has 5 nitrogen and oxygen atoms in total. The van der Waals surface area contributed by atoms with Crippen LogP contribution in [-0.4, -0.2) is 67.5 Å². The van der Waals surface area contributed by atoms with Crippen LogP contribution in [0.25, 0.3) is 0 Å². The van der Waals surface area contributed by atoms with Crippen molar-refractivity contribution in [1.82, 2.24) is 4.90 Å². The predicted octanol–water partition coefficient (Wildman–Crippen LogP) is 2.42. The highest BCUT2D eigenvalue weighted by Gasteiger charge is 2.53. The Morgan fingerprint density at radius 3 is 1.36 bits per heavy atom. The van der Waals surface area contributed by atoms with Crippen molar-refractivity contribution in [3.05, 3.63) is 0 Å². The lowest BCUT2D eigenvalue weighted by Gasteiger charge is -2.55. The van der Waals surface area contributed by atoms with E-state index in [9.17, 15) is 0 Å². The number of hydrogen-bond donors (Lipinski definition) is 0. The molecule has 1 fully saturated rings. The van der Waals surface area contributed by atoms with Gasteiger partial charge in [0.1, 0.15) is 19.0 Å². The lowest BCUT2D eigenvalue weighted by atomic mass is 9.94. The summed E-state index contributed by atoms with van der Waals surface area (Å²) in [5, 5.41) is 0. The van der Waals surface area contributed by atoms with Crippen molar-refractivity contribution in [1.29, 1.82) is 0 Å². The highest BCUT2D eigenvalue weighted by atomic mass is 28.2. The molecule has 150 valence electrons. The van der Waals surface area contributed by atoms with Gasteiger partial charge in [-0.2, -0.15) is 0 Å². The molecule has 0 spiro atoms. The Labute approximate surface area is 159 Å². The standard InChI is InChI=1S/C18H41NO4Si2/c1-7-20-17(24-5,21-8-2)19(16-14-12-11-13-15-16)18(25-6,22-9-3)23-10-4/h16H,7-15,24-25H2,1-6H3. The van der Waals surface area contributed by atoms with Crippen molar-refractivity contribution < 1.29 is 18.9 Å². The summed E-state index contributed by atoms with van der Waals surface area (Å²) in [4.78, 5) is 2.43. The second-order valence-electron chi connectivity index (χ2n) is 6.53. The minimum atomic E-state index is -0.673. The van der Waals surface area contributed by atoms with Gasteiger partial charge in [-0.15, -0.1) is 0 Å². The number of nitrogens with zero attached hydrogens (tertiary/aromatic N) is 1. The summed E-state index contributed by atoms with van der Waals surface area (Å²) in [6, 6.07) is 0.407. The van der Waals surface area contributed by atoms with Gasteiger partial charge in [0, 0.05) is 32.5 Å². The average Bonchev–Trinajstić information content (AvgIpc) is 2.63. The fourth-order valence-electron chi connectivity index (χ4n) is 4.17. The lowest BCUT2D eigenvalue weighted by Crippen LogP contribution is -2.72. The summed E-state index contributed by atoms with van der Waals surface area (Å²) in [6.45, 7) is 15.4. The first-order chi connectivity index (χ1) is 12.1. The van der Waals surface area contributed by atoms with Gasteiger partial charge in [0.05, 0.1) is 0 Å². The summed E-state index contributed by atoms with van der Waals surface area (Å²) >= 11 is 0. The number of rotatable bonds is 13.